The van der Waals surface area contributed by atoms with Crippen LogP contribution in [0, 0.1) is 0 Å². The molecule has 1 saturated heterocycles. The summed E-state index contributed by atoms with van der Waals surface area (Å²) in [6.07, 6.45) is 2.36. The Kier molecular flexibility index (Phi) is 6.79. The van der Waals surface area contributed by atoms with E-state index in [1.54, 1.807) is 49.6 Å². The van der Waals surface area contributed by atoms with Gasteiger partial charge in [-0.25, -0.2) is 0 Å². The Morgan fingerprint density at radius 2 is 1.63 bits per heavy atom. The quantitative estimate of drug-likeness (QED) is 0.199. The zero-order valence-electron chi connectivity index (χ0n) is 21.4. The van der Waals surface area contributed by atoms with E-state index in [2.05, 4.69) is 4.98 Å². The van der Waals surface area contributed by atoms with Gasteiger partial charge in [-0.2, -0.15) is 0 Å². The van der Waals surface area contributed by atoms with E-state index in [0.29, 0.717) is 29.0 Å². The number of benzene rings is 3. The summed E-state index contributed by atoms with van der Waals surface area (Å²) >= 11 is 0. The van der Waals surface area contributed by atoms with Gasteiger partial charge in [0.1, 0.15) is 23.0 Å². The van der Waals surface area contributed by atoms with Crippen molar-refractivity contribution in [3.05, 3.63) is 95.2 Å². The number of carbonyl (C=O) groups excluding carboxylic acids is 2. The zero-order valence-corrected chi connectivity index (χ0v) is 21.4. The molecule has 5 rings (SSSR count). The maximum absolute atomic E-state index is 13.4. The number of carbonyl (C=O) groups is 2. The van der Waals surface area contributed by atoms with Gasteiger partial charge in [-0.15, -0.1) is 0 Å². The second-order valence-corrected chi connectivity index (χ2v) is 8.94. The summed E-state index contributed by atoms with van der Waals surface area (Å²) < 4.78 is 16.4. The molecule has 38 heavy (non-hydrogen) atoms. The number of hydrogen-bond acceptors (Lipinski definition) is 6. The Labute approximate surface area is 220 Å². The number of fused-ring (bicyclic) bond motifs is 1. The van der Waals surface area contributed by atoms with Crippen LogP contribution in [0.4, 0.5) is 0 Å². The fourth-order valence-corrected chi connectivity index (χ4v) is 4.97. The number of aliphatic hydroxyl groups excluding tert-OH is 1. The van der Waals surface area contributed by atoms with Crippen LogP contribution in [0.2, 0.25) is 0 Å². The van der Waals surface area contributed by atoms with Gasteiger partial charge in [0.25, 0.3) is 11.7 Å². The summed E-state index contributed by atoms with van der Waals surface area (Å²) in [5.74, 6) is 0.0610. The van der Waals surface area contributed by atoms with Crippen LogP contribution in [0.3, 0.4) is 0 Å². The number of methoxy groups -OCH3 is 3. The van der Waals surface area contributed by atoms with Crippen molar-refractivity contribution in [1.82, 2.24) is 9.88 Å². The normalized spacial score (nSPS) is 16.7. The minimum absolute atomic E-state index is 0.00773. The molecule has 1 fully saturated rings. The SMILES string of the molecule is COc1ccc(OC)c([C@H]2C(=C(O)c3ccccc3)C(=O)C(=O)N2CCc2c[nH]c3ccc(OC)cc23)c1. The molecule has 0 aliphatic carbocycles. The molecule has 0 radical (unpaired) electrons. The fourth-order valence-electron chi connectivity index (χ4n) is 4.97. The number of ether oxygens (including phenoxy) is 3. The average molecular weight is 513 g/mol. The van der Waals surface area contributed by atoms with Crippen molar-refractivity contribution >= 4 is 28.4 Å². The number of Topliss-reactive ketones (excluding diaryl/α,β-unsaturated/α-hetero) is 1. The summed E-state index contributed by atoms with van der Waals surface area (Å²) in [4.78, 5) is 31.6. The van der Waals surface area contributed by atoms with Gasteiger partial charge in [0.15, 0.2) is 0 Å². The van der Waals surface area contributed by atoms with Crippen molar-refractivity contribution in [3.63, 3.8) is 0 Å². The van der Waals surface area contributed by atoms with Gasteiger partial charge in [0.05, 0.1) is 32.9 Å². The molecule has 0 spiro atoms. The number of aliphatic hydroxyl groups is 1. The number of likely N-dealkylation sites (tertiary alicyclic amines) is 1. The van der Waals surface area contributed by atoms with E-state index >= 15 is 0 Å². The molecule has 8 heteroatoms. The number of rotatable bonds is 8. The molecule has 1 aromatic heterocycles. The van der Waals surface area contributed by atoms with Gasteiger partial charge >= 0.3 is 0 Å². The highest BCUT2D eigenvalue weighted by Gasteiger charge is 2.47. The first-order valence-corrected chi connectivity index (χ1v) is 12.2. The van der Waals surface area contributed by atoms with Gasteiger partial charge in [-0.1, -0.05) is 30.3 Å². The molecular formula is C30H28N2O6. The molecule has 1 aliphatic rings. The van der Waals surface area contributed by atoms with Gasteiger partial charge in [-0.3, -0.25) is 9.59 Å². The molecule has 8 nitrogen and oxygen atoms in total. The predicted molar refractivity (Wildman–Crippen MR) is 144 cm³/mol. The summed E-state index contributed by atoms with van der Waals surface area (Å²) in [7, 11) is 4.67. The average Bonchev–Trinajstić information content (AvgIpc) is 3.48. The van der Waals surface area contributed by atoms with Crippen molar-refractivity contribution in [1.29, 1.82) is 0 Å². The molecule has 2 N–H and O–H groups in total. The molecule has 3 aromatic carbocycles. The van der Waals surface area contributed by atoms with E-state index in [1.165, 1.54) is 19.1 Å². The van der Waals surface area contributed by atoms with E-state index in [-0.39, 0.29) is 17.9 Å². The minimum atomic E-state index is -0.875. The highest BCUT2D eigenvalue weighted by atomic mass is 16.5. The summed E-state index contributed by atoms with van der Waals surface area (Å²) in [5, 5.41) is 12.3. The van der Waals surface area contributed by atoms with Crippen LogP contribution in [0.15, 0.2) is 78.5 Å². The number of ketones is 1. The monoisotopic (exact) mass is 512 g/mol. The lowest BCUT2D eigenvalue weighted by Gasteiger charge is -2.27. The molecule has 1 amide bonds. The van der Waals surface area contributed by atoms with Crippen LogP contribution >= 0.6 is 0 Å². The number of H-pyrrole nitrogens is 1. The molecule has 0 saturated carbocycles. The highest BCUT2D eigenvalue weighted by Crippen LogP contribution is 2.44. The van der Waals surface area contributed by atoms with E-state index in [9.17, 15) is 14.7 Å². The van der Waals surface area contributed by atoms with Crippen LogP contribution in [0.1, 0.15) is 22.7 Å². The lowest BCUT2D eigenvalue weighted by Crippen LogP contribution is -2.31. The van der Waals surface area contributed by atoms with Crippen molar-refractivity contribution < 1.29 is 28.9 Å². The number of nitrogens with one attached hydrogen (secondary N) is 1. The third-order valence-electron chi connectivity index (χ3n) is 6.92. The van der Waals surface area contributed by atoms with Crippen LogP contribution < -0.4 is 14.2 Å². The number of hydrogen-bond donors (Lipinski definition) is 2. The lowest BCUT2D eigenvalue weighted by molar-refractivity contribution is -0.139. The number of aromatic nitrogens is 1. The molecule has 0 unspecified atom stereocenters. The zero-order chi connectivity index (χ0) is 26.8. The third kappa shape index (κ3) is 4.34. The van der Waals surface area contributed by atoms with Crippen molar-refractivity contribution in [2.75, 3.05) is 27.9 Å². The van der Waals surface area contributed by atoms with Gasteiger partial charge < -0.3 is 29.2 Å². The Balaban J connectivity index is 1.61. The molecule has 194 valence electrons. The number of amides is 1. The summed E-state index contributed by atoms with van der Waals surface area (Å²) in [5.41, 5.74) is 2.91. The van der Waals surface area contributed by atoms with E-state index in [1.807, 2.05) is 30.5 Å². The van der Waals surface area contributed by atoms with E-state index < -0.39 is 17.7 Å². The van der Waals surface area contributed by atoms with Crippen molar-refractivity contribution in [2.45, 2.75) is 12.5 Å². The van der Waals surface area contributed by atoms with Crippen LogP contribution in [0.25, 0.3) is 16.7 Å². The largest absolute Gasteiger partial charge is 0.507 e. The van der Waals surface area contributed by atoms with Crippen molar-refractivity contribution in [3.8, 4) is 17.2 Å². The standard InChI is InChI=1S/C30H28N2O6/c1-36-20-9-11-24-22(15-20)19(17-31-24)13-14-32-27(23-16-21(37-2)10-12-25(23)38-3)26(29(34)30(32)35)28(33)18-7-5-4-6-8-18/h4-12,15-17,27,31,33H,13-14H2,1-3H3/t27-/m0/s1. The molecule has 0 bridgehead atoms. The first-order valence-electron chi connectivity index (χ1n) is 12.2. The first-order chi connectivity index (χ1) is 18.5. The summed E-state index contributed by atoms with van der Waals surface area (Å²) in [6, 6.07) is 18.8. The lowest BCUT2D eigenvalue weighted by atomic mass is 9.94. The molecule has 1 aliphatic heterocycles. The van der Waals surface area contributed by atoms with Crippen LogP contribution in [0.5, 0.6) is 17.2 Å². The number of aromatic amines is 1. The third-order valence-corrected chi connectivity index (χ3v) is 6.92. The Morgan fingerprint density at radius 3 is 2.34 bits per heavy atom. The molecule has 2 heterocycles. The van der Waals surface area contributed by atoms with Crippen molar-refractivity contribution in [2.24, 2.45) is 0 Å². The van der Waals surface area contributed by atoms with Gasteiger partial charge in [0, 0.05) is 34.8 Å². The molecule has 4 aromatic rings. The molecular weight excluding hydrogens is 484 g/mol. The van der Waals surface area contributed by atoms with Gasteiger partial charge in [0.2, 0.25) is 0 Å². The van der Waals surface area contributed by atoms with Gasteiger partial charge in [-0.05, 0) is 48.4 Å². The van der Waals surface area contributed by atoms with Crippen LogP contribution in [-0.4, -0.2) is 54.6 Å². The maximum atomic E-state index is 13.4. The Morgan fingerprint density at radius 1 is 0.921 bits per heavy atom. The van der Waals surface area contributed by atoms with Crippen LogP contribution in [-0.2, 0) is 16.0 Å². The van der Waals surface area contributed by atoms with E-state index in [4.69, 9.17) is 14.2 Å². The first kappa shape index (κ1) is 25.0. The fraction of sp³-hybridized carbons (Fsp3) is 0.200. The Bertz CT molecular complexity index is 1540. The Hall–Kier alpha value is -4.72. The second kappa shape index (κ2) is 10.3. The van der Waals surface area contributed by atoms with E-state index in [0.717, 1.165) is 22.2 Å². The smallest absolute Gasteiger partial charge is 0.295 e. The number of nitrogens with zero attached hydrogens (tertiary/aromatic N) is 1. The minimum Gasteiger partial charge on any atom is -0.507 e. The molecule has 1 atom stereocenters. The predicted octanol–water partition coefficient (Wildman–Crippen LogP) is 4.86. The highest BCUT2D eigenvalue weighted by molar-refractivity contribution is 6.46. The summed E-state index contributed by atoms with van der Waals surface area (Å²) in [6.45, 7) is 0.228. The topological polar surface area (TPSA) is 101 Å². The maximum Gasteiger partial charge on any atom is 0.295 e. The second-order valence-electron chi connectivity index (χ2n) is 8.94.